The van der Waals surface area contributed by atoms with Crippen molar-refractivity contribution >= 4 is 0 Å². The van der Waals surface area contributed by atoms with E-state index in [2.05, 4.69) is 32.9 Å². The predicted octanol–water partition coefficient (Wildman–Crippen LogP) is 4.81. The molecule has 0 spiro atoms. The van der Waals surface area contributed by atoms with E-state index in [0.29, 0.717) is 0 Å². The molecule has 0 atom stereocenters. The summed E-state index contributed by atoms with van der Waals surface area (Å²) in [5, 5.41) is 0. The van der Waals surface area contributed by atoms with Gasteiger partial charge in [0, 0.05) is 5.54 Å². The molecular formula is C15H31N. The van der Waals surface area contributed by atoms with E-state index in [1.165, 1.54) is 51.4 Å². The van der Waals surface area contributed by atoms with Crippen LogP contribution < -0.4 is 5.73 Å². The second-order valence-corrected chi connectivity index (χ2v) is 5.56. The van der Waals surface area contributed by atoms with Gasteiger partial charge in [-0.3, -0.25) is 0 Å². The van der Waals surface area contributed by atoms with Gasteiger partial charge in [0.2, 0.25) is 0 Å². The molecule has 0 aliphatic rings. The fourth-order valence-electron chi connectivity index (χ4n) is 1.75. The van der Waals surface area contributed by atoms with Crippen molar-refractivity contribution in [3.8, 4) is 0 Å². The summed E-state index contributed by atoms with van der Waals surface area (Å²) in [7, 11) is 0. The first-order valence-corrected chi connectivity index (χ1v) is 7.00. The van der Waals surface area contributed by atoms with Crippen LogP contribution in [0.4, 0.5) is 0 Å². The molecular weight excluding hydrogens is 194 g/mol. The van der Waals surface area contributed by atoms with Gasteiger partial charge < -0.3 is 5.73 Å². The Bertz CT molecular complexity index is 165. The number of hydrogen-bond acceptors (Lipinski definition) is 1. The van der Waals surface area contributed by atoms with Crippen molar-refractivity contribution in [2.45, 2.75) is 84.1 Å². The summed E-state index contributed by atoms with van der Waals surface area (Å²) < 4.78 is 0. The van der Waals surface area contributed by atoms with Gasteiger partial charge in [0.15, 0.2) is 0 Å². The average molecular weight is 225 g/mol. The molecule has 0 unspecified atom stereocenters. The normalized spacial score (nSPS) is 12.5. The van der Waals surface area contributed by atoms with Gasteiger partial charge in [-0.15, -0.1) is 0 Å². The number of rotatable bonds is 10. The molecule has 0 aromatic heterocycles. The SMILES string of the molecule is CCCCC=CCCCCCCC(C)(C)N. The van der Waals surface area contributed by atoms with Gasteiger partial charge in [-0.2, -0.15) is 0 Å². The molecule has 2 N–H and O–H groups in total. The van der Waals surface area contributed by atoms with Gasteiger partial charge in [0.25, 0.3) is 0 Å². The topological polar surface area (TPSA) is 26.0 Å². The van der Waals surface area contributed by atoms with Gasteiger partial charge in [-0.1, -0.05) is 51.2 Å². The smallest absolute Gasteiger partial charge is 0.00970 e. The Morgan fingerprint density at radius 3 is 2.00 bits per heavy atom. The molecule has 0 fully saturated rings. The van der Waals surface area contributed by atoms with Crippen molar-refractivity contribution < 1.29 is 0 Å². The second-order valence-electron chi connectivity index (χ2n) is 5.56. The van der Waals surface area contributed by atoms with Gasteiger partial charge in [0.1, 0.15) is 0 Å². The highest BCUT2D eigenvalue weighted by Crippen LogP contribution is 2.12. The van der Waals surface area contributed by atoms with E-state index in [1.54, 1.807) is 0 Å². The van der Waals surface area contributed by atoms with E-state index < -0.39 is 0 Å². The molecule has 96 valence electrons. The van der Waals surface area contributed by atoms with Gasteiger partial charge >= 0.3 is 0 Å². The maximum Gasteiger partial charge on any atom is 0.00970 e. The fraction of sp³-hybridized carbons (Fsp3) is 0.867. The molecule has 0 amide bonds. The molecule has 0 aromatic carbocycles. The van der Waals surface area contributed by atoms with Crippen molar-refractivity contribution in [1.82, 2.24) is 0 Å². The van der Waals surface area contributed by atoms with Crippen LogP contribution in [0.3, 0.4) is 0 Å². The molecule has 0 rings (SSSR count). The van der Waals surface area contributed by atoms with Crippen LogP contribution in [0.25, 0.3) is 0 Å². The van der Waals surface area contributed by atoms with Crippen LogP contribution in [0.2, 0.25) is 0 Å². The molecule has 0 saturated heterocycles. The van der Waals surface area contributed by atoms with Crippen molar-refractivity contribution in [1.29, 1.82) is 0 Å². The highest BCUT2D eigenvalue weighted by atomic mass is 14.7. The summed E-state index contributed by atoms with van der Waals surface area (Å²) in [5.74, 6) is 0. The molecule has 0 bridgehead atoms. The van der Waals surface area contributed by atoms with Gasteiger partial charge in [-0.05, 0) is 39.5 Å². The van der Waals surface area contributed by atoms with E-state index in [-0.39, 0.29) is 5.54 Å². The first kappa shape index (κ1) is 15.7. The third-order valence-corrected chi connectivity index (χ3v) is 2.83. The Kier molecular flexibility index (Phi) is 9.71. The number of unbranched alkanes of at least 4 members (excludes halogenated alkanes) is 6. The minimum absolute atomic E-state index is 0.0278. The zero-order valence-corrected chi connectivity index (χ0v) is 11.6. The maximum atomic E-state index is 5.93. The molecule has 0 aromatic rings. The molecule has 1 nitrogen and oxygen atoms in total. The van der Waals surface area contributed by atoms with E-state index in [4.69, 9.17) is 5.73 Å². The van der Waals surface area contributed by atoms with E-state index in [0.717, 1.165) is 6.42 Å². The molecule has 0 aliphatic carbocycles. The Morgan fingerprint density at radius 2 is 1.44 bits per heavy atom. The second kappa shape index (κ2) is 9.89. The van der Waals surface area contributed by atoms with Crippen molar-refractivity contribution in [2.75, 3.05) is 0 Å². The summed E-state index contributed by atoms with van der Waals surface area (Å²) in [5.41, 5.74) is 5.96. The summed E-state index contributed by atoms with van der Waals surface area (Å²) in [6, 6.07) is 0. The lowest BCUT2D eigenvalue weighted by molar-refractivity contribution is 0.443. The maximum absolute atomic E-state index is 5.93. The quantitative estimate of drug-likeness (QED) is 0.419. The minimum Gasteiger partial charge on any atom is -0.326 e. The largest absolute Gasteiger partial charge is 0.326 e. The monoisotopic (exact) mass is 225 g/mol. The zero-order chi connectivity index (χ0) is 12.3. The lowest BCUT2D eigenvalue weighted by atomic mass is 9.97. The van der Waals surface area contributed by atoms with Crippen molar-refractivity contribution in [2.24, 2.45) is 5.73 Å². The van der Waals surface area contributed by atoms with Crippen LogP contribution in [-0.2, 0) is 0 Å². The van der Waals surface area contributed by atoms with Crippen molar-refractivity contribution in [3.05, 3.63) is 12.2 Å². The average Bonchev–Trinajstić information content (AvgIpc) is 2.19. The van der Waals surface area contributed by atoms with E-state index in [1.807, 2.05) is 0 Å². The van der Waals surface area contributed by atoms with Crippen molar-refractivity contribution in [3.63, 3.8) is 0 Å². The van der Waals surface area contributed by atoms with Crippen LogP contribution in [0.15, 0.2) is 12.2 Å². The number of hydrogen-bond donors (Lipinski definition) is 1. The Hall–Kier alpha value is -0.300. The lowest BCUT2D eigenvalue weighted by Gasteiger charge is -2.17. The predicted molar refractivity (Wildman–Crippen MR) is 74.6 cm³/mol. The fourth-order valence-corrected chi connectivity index (χ4v) is 1.75. The first-order chi connectivity index (χ1) is 7.56. The molecule has 0 radical (unpaired) electrons. The molecule has 0 aliphatic heterocycles. The van der Waals surface area contributed by atoms with Crippen LogP contribution in [0.1, 0.15) is 78.6 Å². The summed E-state index contributed by atoms with van der Waals surface area (Å²) in [4.78, 5) is 0. The van der Waals surface area contributed by atoms with Gasteiger partial charge in [-0.25, -0.2) is 0 Å². The first-order valence-electron chi connectivity index (χ1n) is 7.00. The van der Waals surface area contributed by atoms with Crippen LogP contribution in [0.5, 0.6) is 0 Å². The lowest BCUT2D eigenvalue weighted by Crippen LogP contribution is -2.31. The summed E-state index contributed by atoms with van der Waals surface area (Å²) >= 11 is 0. The molecule has 16 heavy (non-hydrogen) atoms. The van der Waals surface area contributed by atoms with E-state index >= 15 is 0 Å². The Morgan fingerprint density at radius 1 is 0.875 bits per heavy atom. The highest BCUT2D eigenvalue weighted by Gasteiger charge is 2.08. The van der Waals surface area contributed by atoms with Crippen LogP contribution in [0, 0.1) is 0 Å². The number of allylic oxidation sites excluding steroid dienone is 2. The standard InChI is InChI=1S/C15H31N/c1-4-5-6-7-8-9-10-11-12-13-14-15(2,3)16/h7-8H,4-6,9-14,16H2,1-3H3. The van der Waals surface area contributed by atoms with Crippen LogP contribution >= 0.6 is 0 Å². The number of nitrogens with two attached hydrogens (primary N) is 1. The minimum atomic E-state index is 0.0278. The molecule has 1 heteroatoms. The van der Waals surface area contributed by atoms with Gasteiger partial charge in [0.05, 0.1) is 0 Å². The summed E-state index contributed by atoms with van der Waals surface area (Å²) in [6.45, 7) is 6.47. The molecule has 0 heterocycles. The van der Waals surface area contributed by atoms with Crippen LogP contribution in [-0.4, -0.2) is 5.54 Å². The highest BCUT2D eigenvalue weighted by molar-refractivity contribution is 4.81. The third-order valence-electron chi connectivity index (χ3n) is 2.83. The summed E-state index contributed by atoms with van der Waals surface area (Å²) in [6.07, 6.45) is 16.3. The Balaban J connectivity index is 3.13. The zero-order valence-electron chi connectivity index (χ0n) is 11.6. The van der Waals surface area contributed by atoms with E-state index in [9.17, 15) is 0 Å². The molecule has 0 saturated carbocycles. The Labute approximate surface area is 102 Å². The third kappa shape index (κ3) is 13.7.